The van der Waals surface area contributed by atoms with Crippen molar-refractivity contribution in [3.8, 4) is 0 Å². The SMILES string of the molecule is CCCn1cc(CNC(=O)c2ccc(NC(=O)OCCCSC(c3ccccc3)(c3ccccc3)c3ccccc3)c(COC(C)=O)c2)nn1.F.[2HH]. The van der Waals surface area contributed by atoms with Gasteiger partial charge in [0.05, 0.1) is 29.8 Å². The number of rotatable bonds is 16. The van der Waals surface area contributed by atoms with E-state index in [4.69, 9.17) is 9.47 Å². The van der Waals surface area contributed by atoms with E-state index in [1.165, 1.54) is 23.6 Å². The number of benzene rings is 4. The van der Waals surface area contributed by atoms with Crippen LogP contribution in [0.25, 0.3) is 0 Å². The molecule has 1 aromatic heterocycles. The van der Waals surface area contributed by atoms with Crippen molar-refractivity contribution in [2.75, 3.05) is 17.7 Å². The number of aromatic nitrogens is 3. The molecule has 0 radical (unpaired) electrons. The van der Waals surface area contributed by atoms with E-state index in [0.29, 0.717) is 34.7 Å². The minimum Gasteiger partial charge on any atom is -0.461 e. The summed E-state index contributed by atoms with van der Waals surface area (Å²) in [7, 11) is 0. The van der Waals surface area contributed by atoms with Gasteiger partial charge in [0.25, 0.3) is 5.91 Å². The summed E-state index contributed by atoms with van der Waals surface area (Å²) in [6, 6.07) is 36.1. The molecule has 268 valence electrons. The van der Waals surface area contributed by atoms with Crippen LogP contribution >= 0.6 is 11.8 Å². The normalized spacial score (nSPS) is 10.9. The summed E-state index contributed by atoms with van der Waals surface area (Å²) in [6.07, 6.45) is 2.68. The highest BCUT2D eigenvalue weighted by molar-refractivity contribution is 8.00. The van der Waals surface area contributed by atoms with Crippen LogP contribution in [0.4, 0.5) is 15.2 Å². The number of halogens is 1. The first-order valence-electron chi connectivity index (χ1n) is 16.6. The molecule has 5 aromatic rings. The number of anilines is 1. The number of esters is 1. The Balaban J connectivity index is 0.00000364. The van der Waals surface area contributed by atoms with Crippen molar-refractivity contribution < 1.29 is 30.0 Å². The zero-order valence-corrected chi connectivity index (χ0v) is 29.4. The molecule has 0 saturated carbocycles. The summed E-state index contributed by atoms with van der Waals surface area (Å²) in [5.41, 5.74) is 5.29. The lowest BCUT2D eigenvalue weighted by Gasteiger charge is -2.35. The quantitative estimate of drug-likeness (QED) is 0.0605. The Labute approximate surface area is 302 Å². The summed E-state index contributed by atoms with van der Waals surface area (Å²) in [5, 5.41) is 13.7. The highest BCUT2D eigenvalue weighted by atomic mass is 32.2. The van der Waals surface area contributed by atoms with Crippen molar-refractivity contribution in [2.45, 2.75) is 51.1 Å². The van der Waals surface area contributed by atoms with Gasteiger partial charge in [-0.3, -0.25) is 24.3 Å². The van der Waals surface area contributed by atoms with Crippen molar-refractivity contribution in [1.29, 1.82) is 0 Å². The number of ether oxygens (including phenoxy) is 2. The van der Waals surface area contributed by atoms with Gasteiger partial charge in [-0.05, 0) is 53.5 Å². The fourth-order valence-corrected chi connectivity index (χ4v) is 7.03. The van der Waals surface area contributed by atoms with Crippen molar-refractivity contribution in [3.63, 3.8) is 0 Å². The van der Waals surface area contributed by atoms with Crippen molar-refractivity contribution in [1.82, 2.24) is 20.3 Å². The van der Waals surface area contributed by atoms with Gasteiger partial charge >= 0.3 is 12.1 Å². The first kappa shape index (κ1) is 38.3. The van der Waals surface area contributed by atoms with Gasteiger partial charge in [-0.15, -0.1) is 16.9 Å². The van der Waals surface area contributed by atoms with Crippen LogP contribution in [-0.2, 0) is 38.7 Å². The van der Waals surface area contributed by atoms with Gasteiger partial charge in [0.1, 0.15) is 12.3 Å². The number of thioether (sulfide) groups is 1. The van der Waals surface area contributed by atoms with Gasteiger partial charge in [-0.25, -0.2) is 4.79 Å². The van der Waals surface area contributed by atoms with Crippen LogP contribution in [0.2, 0.25) is 0 Å². The van der Waals surface area contributed by atoms with Crippen LogP contribution < -0.4 is 10.6 Å². The molecule has 12 heteroatoms. The van der Waals surface area contributed by atoms with Gasteiger partial charge in [0.2, 0.25) is 0 Å². The highest BCUT2D eigenvalue weighted by Crippen LogP contribution is 2.48. The molecular formula is C39H44FN5O5S. The Bertz CT molecular complexity index is 1770. The third-order valence-electron chi connectivity index (χ3n) is 7.89. The van der Waals surface area contributed by atoms with Crippen LogP contribution in [0.1, 0.15) is 66.4 Å². The molecule has 0 unspecified atom stereocenters. The largest absolute Gasteiger partial charge is 0.461 e. The summed E-state index contributed by atoms with van der Waals surface area (Å²) >= 11 is 1.80. The van der Waals surface area contributed by atoms with Crippen molar-refractivity contribution in [3.05, 3.63) is 149 Å². The lowest BCUT2D eigenvalue weighted by Crippen LogP contribution is -2.26. The minimum absolute atomic E-state index is 0. The van der Waals surface area contributed by atoms with E-state index in [1.807, 2.05) is 25.1 Å². The molecule has 0 bridgehead atoms. The molecule has 0 spiro atoms. The maximum absolute atomic E-state index is 12.9. The average Bonchev–Trinajstić information content (AvgIpc) is 3.60. The number of nitrogens with zero attached hydrogens (tertiary/aromatic N) is 3. The number of hydrogen-bond acceptors (Lipinski definition) is 8. The third-order valence-corrected chi connectivity index (χ3v) is 9.52. The Morgan fingerprint density at radius 1 is 0.863 bits per heavy atom. The zero-order valence-electron chi connectivity index (χ0n) is 28.6. The van der Waals surface area contributed by atoms with E-state index >= 15 is 0 Å². The van der Waals surface area contributed by atoms with Crippen LogP contribution in [0.5, 0.6) is 0 Å². The van der Waals surface area contributed by atoms with Crippen LogP contribution in [0, 0.1) is 0 Å². The molecule has 4 aromatic carbocycles. The Morgan fingerprint density at radius 3 is 2.04 bits per heavy atom. The smallest absolute Gasteiger partial charge is 0.411 e. The van der Waals surface area contributed by atoms with Crippen molar-refractivity contribution in [2.24, 2.45) is 0 Å². The maximum Gasteiger partial charge on any atom is 0.411 e. The van der Waals surface area contributed by atoms with Crippen molar-refractivity contribution >= 4 is 35.4 Å². The van der Waals surface area contributed by atoms with E-state index in [9.17, 15) is 14.4 Å². The van der Waals surface area contributed by atoms with E-state index in [2.05, 4.69) is 93.7 Å². The second-order valence-electron chi connectivity index (χ2n) is 11.6. The van der Waals surface area contributed by atoms with E-state index < -0.39 is 16.8 Å². The summed E-state index contributed by atoms with van der Waals surface area (Å²) < 4.78 is 12.1. The first-order chi connectivity index (χ1) is 24.4. The number of amides is 2. The summed E-state index contributed by atoms with van der Waals surface area (Å²) in [5.74, 6) is -0.121. The lowest BCUT2D eigenvalue weighted by molar-refractivity contribution is -0.142. The number of hydrogen-bond donors (Lipinski definition) is 2. The molecule has 2 amide bonds. The monoisotopic (exact) mass is 714 g/mol. The second kappa shape index (κ2) is 19.0. The standard InChI is InChI=1S/C39H41N5O5S.FH.H2/c1-3-22-44-27-35(42-43-44)26-40-37(46)30-20-21-36(31(25-30)28-49-29(2)45)41-38(47)48-23-13-24-50-39(32-14-7-4-8-15-32,33-16-9-5-10-17-33)34-18-11-6-12-19-34;;/h4-12,14-21,25,27H,3,13,22-24,26,28H2,1-2H3,(H,40,46)(H,41,47);2*1H/i;;1+1. The summed E-state index contributed by atoms with van der Waals surface area (Å²) in [6.45, 7) is 4.35. The molecule has 10 nitrogen and oxygen atoms in total. The molecule has 5 rings (SSSR count). The lowest BCUT2D eigenvalue weighted by atomic mass is 9.84. The van der Waals surface area contributed by atoms with Crippen LogP contribution in [0.15, 0.2) is 115 Å². The molecule has 1 heterocycles. The molecule has 0 aliphatic heterocycles. The third kappa shape index (κ3) is 10.3. The van der Waals surface area contributed by atoms with Gasteiger partial charge < -0.3 is 14.8 Å². The fraction of sp³-hybridized carbons (Fsp3) is 0.256. The van der Waals surface area contributed by atoms with Gasteiger partial charge in [-0.1, -0.05) is 103 Å². The first-order valence-corrected chi connectivity index (χ1v) is 17.6. The molecule has 51 heavy (non-hydrogen) atoms. The second-order valence-corrected chi connectivity index (χ2v) is 12.9. The Kier molecular flexibility index (Phi) is 14.3. The predicted molar refractivity (Wildman–Crippen MR) is 199 cm³/mol. The highest BCUT2D eigenvalue weighted by Gasteiger charge is 2.36. The van der Waals surface area contributed by atoms with E-state index in [0.717, 1.165) is 13.0 Å². The van der Waals surface area contributed by atoms with E-state index in [1.54, 1.807) is 40.8 Å². The van der Waals surface area contributed by atoms with Gasteiger partial charge in [-0.2, -0.15) is 0 Å². The minimum atomic E-state index is -0.646. The molecule has 0 aliphatic carbocycles. The predicted octanol–water partition coefficient (Wildman–Crippen LogP) is 7.74. The topological polar surface area (TPSA) is 124 Å². The Hall–Kier alpha value is -5.49. The number of carbonyl (C=O) groups excluding carboxylic acids is 3. The maximum atomic E-state index is 12.9. The molecule has 2 N–H and O–H groups in total. The summed E-state index contributed by atoms with van der Waals surface area (Å²) in [4.78, 5) is 37.4. The van der Waals surface area contributed by atoms with Crippen LogP contribution in [-0.4, -0.2) is 45.3 Å². The van der Waals surface area contributed by atoms with Gasteiger partial charge in [0, 0.05) is 26.0 Å². The fourth-order valence-electron chi connectivity index (χ4n) is 5.55. The average molecular weight is 715 g/mol. The number of carbonyl (C=O) groups is 3. The Morgan fingerprint density at radius 2 is 1.47 bits per heavy atom. The molecule has 0 atom stereocenters. The number of nitrogens with one attached hydrogen (secondary N) is 2. The molecular weight excluding hydrogens is 670 g/mol. The molecule has 0 saturated heterocycles. The molecule has 0 aliphatic rings. The van der Waals surface area contributed by atoms with Crippen LogP contribution in [0.3, 0.4) is 0 Å². The molecule has 0 fully saturated rings. The number of aryl methyl sites for hydroxylation is 1. The zero-order chi connectivity index (χ0) is 35.2. The van der Waals surface area contributed by atoms with Gasteiger partial charge in [0.15, 0.2) is 0 Å². The van der Waals surface area contributed by atoms with E-state index in [-0.39, 0.29) is 31.8 Å².